The Kier molecular flexibility index (Phi) is 4.29. The molecule has 0 unspecified atom stereocenters. The minimum Gasteiger partial charge on any atom is -0.267 e. The van der Waals surface area contributed by atoms with Gasteiger partial charge in [-0.05, 0) is 23.8 Å². The van der Waals surface area contributed by atoms with Crippen molar-refractivity contribution in [2.45, 2.75) is 6.54 Å². The molecule has 2 aromatic heterocycles. The zero-order valence-corrected chi connectivity index (χ0v) is 15.1. The van der Waals surface area contributed by atoms with Gasteiger partial charge in [0.05, 0.1) is 11.9 Å². The van der Waals surface area contributed by atoms with E-state index in [0.29, 0.717) is 25.8 Å². The van der Waals surface area contributed by atoms with Gasteiger partial charge in [0.1, 0.15) is 0 Å². The summed E-state index contributed by atoms with van der Waals surface area (Å²) in [4.78, 5) is 14.4. The fourth-order valence-electron chi connectivity index (χ4n) is 2.56. The van der Waals surface area contributed by atoms with E-state index in [1.807, 2.05) is 36.4 Å². The van der Waals surface area contributed by atoms with E-state index in [-0.39, 0.29) is 12.1 Å². The van der Waals surface area contributed by atoms with Crippen LogP contribution in [0.25, 0.3) is 20.7 Å². The molecule has 0 spiro atoms. The molecular formula is C18H11Cl2N3OS. The van der Waals surface area contributed by atoms with Gasteiger partial charge in [-0.3, -0.25) is 4.79 Å². The van der Waals surface area contributed by atoms with Crippen LogP contribution >= 0.6 is 34.5 Å². The third kappa shape index (κ3) is 3.06. The second-order valence-corrected chi connectivity index (χ2v) is 7.29. The van der Waals surface area contributed by atoms with Crippen molar-refractivity contribution >= 4 is 44.8 Å². The zero-order valence-electron chi connectivity index (χ0n) is 12.8. The molecule has 0 saturated carbocycles. The van der Waals surface area contributed by atoms with Gasteiger partial charge in [-0.2, -0.15) is 0 Å². The van der Waals surface area contributed by atoms with Crippen LogP contribution in [0.15, 0.2) is 59.4 Å². The molecule has 0 radical (unpaired) electrons. The number of thiophene rings is 1. The van der Waals surface area contributed by atoms with Crippen LogP contribution in [0.3, 0.4) is 0 Å². The molecule has 2 aromatic carbocycles. The molecule has 0 aliphatic rings. The molecule has 4 aromatic rings. The second kappa shape index (κ2) is 6.59. The lowest BCUT2D eigenvalue weighted by atomic mass is 10.2. The second-order valence-electron chi connectivity index (χ2n) is 5.45. The molecular weight excluding hydrogens is 377 g/mol. The lowest BCUT2D eigenvalue weighted by Crippen LogP contribution is -2.24. The van der Waals surface area contributed by atoms with E-state index >= 15 is 0 Å². The van der Waals surface area contributed by atoms with Crippen molar-refractivity contribution in [1.29, 1.82) is 0 Å². The summed E-state index contributed by atoms with van der Waals surface area (Å²) in [5.74, 6) is 0. The maximum absolute atomic E-state index is 12.8. The maximum Gasteiger partial charge on any atom is 0.278 e. The number of fused-ring (bicyclic) bond motifs is 1. The summed E-state index contributed by atoms with van der Waals surface area (Å²) in [5.41, 5.74) is 1.49. The minimum atomic E-state index is -0.209. The van der Waals surface area contributed by atoms with E-state index in [2.05, 4.69) is 10.3 Å². The monoisotopic (exact) mass is 387 g/mol. The average Bonchev–Trinajstić information content (AvgIpc) is 3.06. The van der Waals surface area contributed by atoms with Crippen LogP contribution in [0.4, 0.5) is 0 Å². The number of halogens is 2. The van der Waals surface area contributed by atoms with Crippen molar-refractivity contribution in [3.8, 4) is 10.4 Å². The Labute approximate surface area is 157 Å². The van der Waals surface area contributed by atoms with E-state index in [1.165, 1.54) is 16.0 Å². The molecule has 2 heterocycles. The van der Waals surface area contributed by atoms with Crippen LogP contribution < -0.4 is 5.56 Å². The Bertz CT molecular complexity index is 1100. The number of nitrogens with zero attached hydrogens (tertiary/aromatic N) is 3. The first-order valence-electron chi connectivity index (χ1n) is 7.49. The Morgan fingerprint density at radius 2 is 1.72 bits per heavy atom. The number of benzene rings is 2. The molecule has 0 aliphatic heterocycles. The molecule has 7 heteroatoms. The van der Waals surface area contributed by atoms with E-state index in [4.69, 9.17) is 23.2 Å². The van der Waals surface area contributed by atoms with Crippen molar-refractivity contribution in [1.82, 2.24) is 15.0 Å². The largest absolute Gasteiger partial charge is 0.278 e. The highest BCUT2D eigenvalue weighted by Gasteiger charge is 2.14. The van der Waals surface area contributed by atoms with Crippen molar-refractivity contribution in [3.63, 3.8) is 0 Å². The van der Waals surface area contributed by atoms with Crippen molar-refractivity contribution in [3.05, 3.63) is 80.6 Å². The molecule has 0 amide bonds. The Morgan fingerprint density at radius 1 is 1.00 bits per heavy atom. The average molecular weight is 388 g/mol. The normalized spacial score (nSPS) is 11.1. The maximum atomic E-state index is 12.8. The van der Waals surface area contributed by atoms with E-state index in [9.17, 15) is 4.79 Å². The summed E-state index contributed by atoms with van der Waals surface area (Å²) in [6.07, 6.45) is 0. The molecule has 0 atom stereocenters. The highest BCUT2D eigenvalue weighted by molar-refractivity contribution is 7.21. The van der Waals surface area contributed by atoms with Gasteiger partial charge in [-0.15, -0.1) is 16.4 Å². The van der Waals surface area contributed by atoms with E-state index < -0.39 is 0 Å². The smallest absolute Gasteiger partial charge is 0.267 e. The predicted octanol–water partition coefficient (Wildman–Crippen LogP) is 4.88. The van der Waals surface area contributed by atoms with Gasteiger partial charge >= 0.3 is 0 Å². The fraction of sp³-hybridized carbons (Fsp3) is 0.0556. The molecule has 0 bridgehead atoms. The van der Waals surface area contributed by atoms with Gasteiger partial charge in [0, 0.05) is 20.5 Å². The summed E-state index contributed by atoms with van der Waals surface area (Å²) in [7, 11) is 0. The van der Waals surface area contributed by atoms with Gasteiger partial charge in [0.2, 0.25) is 0 Å². The standard InChI is InChI=1S/C18H11Cl2N3OS/c19-14-7-4-8-15(20)13(14)10-23-18(24)12-9-16(25-17(12)21-22-23)11-5-2-1-3-6-11/h1-9H,10H2. The third-order valence-electron chi connectivity index (χ3n) is 3.85. The van der Waals surface area contributed by atoms with Gasteiger partial charge < -0.3 is 0 Å². The SMILES string of the molecule is O=c1c2cc(-c3ccccc3)sc2nnn1Cc1c(Cl)cccc1Cl. The lowest BCUT2D eigenvalue weighted by molar-refractivity contribution is 0.602. The van der Waals surface area contributed by atoms with Crippen molar-refractivity contribution in [2.24, 2.45) is 0 Å². The highest BCUT2D eigenvalue weighted by Crippen LogP contribution is 2.30. The third-order valence-corrected chi connectivity index (χ3v) is 5.63. The minimum absolute atomic E-state index is 0.177. The number of hydrogen-bond donors (Lipinski definition) is 0. The molecule has 0 N–H and O–H groups in total. The predicted molar refractivity (Wildman–Crippen MR) is 103 cm³/mol. The van der Waals surface area contributed by atoms with Gasteiger partial charge in [0.15, 0.2) is 4.83 Å². The van der Waals surface area contributed by atoms with Crippen LogP contribution in [-0.4, -0.2) is 15.0 Å². The lowest BCUT2D eigenvalue weighted by Gasteiger charge is -2.07. The van der Waals surface area contributed by atoms with Gasteiger partial charge in [-0.25, -0.2) is 4.68 Å². The molecule has 124 valence electrons. The van der Waals surface area contributed by atoms with Gasteiger partial charge in [0.25, 0.3) is 5.56 Å². The summed E-state index contributed by atoms with van der Waals surface area (Å²) in [5, 5.41) is 9.76. The molecule has 0 fully saturated rings. The first-order chi connectivity index (χ1) is 12.1. The summed E-state index contributed by atoms with van der Waals surface area (Å²) < 4.78 is 1.29. The summed E-state index contributed by atoms with van der Waals surface area (Å²) in [6, 6.07) is 17.0. The van der Waals surface area contributed by atoms with Crippen LogP contribution in [0.2, 0.25) is 10.0 Å². The van der Waals surface area contributed by atoms with E-state index in [0.717, 1.165) is 10.4 Å². The number of aromatic nitrogens is 3. The molecule has 0 saturated heterocycles. The summed E-state index contributed by atoms with van der Waals surface area (Å²) >= 11 is 13.8. The quantitative estimate of drug-likeness (QED) is 0.503. The Hall–Kier alpha value is -2.21. The zero-order chi connectivity index (χ0) is 17.4. The van der Waals surface area contributed by atoms with Crippen LogP contribution in [-0.2, 0) is 6.54 Å². The number of rotatable bonds is 3. The van der Waals surface area contributed by atoms with E-state index in [1.54, 1.807) is 18.2 Å². The summed E-state index contributed by atoms with van der Waals surface area (Å²) in [6.45, 7) is 0.177. The molecule has 0 aliphatic carbocycles. The van der Waals surface area contributed by atoms with Crippen LogP contribution in [0.5, 0.6) is 0 Å². The fourth-order valence-corrected chi connectivity index (χ4v) is 4.05. The first kappa shape index (κ1) is 16.3. The molecule has 25 heavy (non-hydrogen) atoms. The topological polar surface area (TPSA) is 47.8 Å². The first-order valence-corrected chi connectivity index (χ1v) is 9.06. The highest BCUT2D eigenvalue weighted by atomic mass is 35.5. The van der Waals surface area contributed by atoms with Crippen LogP contribution in [0, 0.1) is 0 Å². The number of hydrogen-bond acceptors (Lipinski definition) is 4. The van der Waals surface area contributed by atoms with Crippen molar-refractivity contribution in [2.75, 3.05) is 0 Å². The van der Waals surface area contributed by atoms with Crippen molar-refractivity contribution < 1.29 is 0 Å². The molecule has 4 nitrogen and oxygen atoms in total. The van der Waals surface area contributed by atoms with Gasteiger partial charge in [-0.1, -0.05) is 64.8 Å². The van der Waals surface area contributed by atoms with Crippen LogP contribution in [0.1, 0.15) is 5.56 Å². The molecule has 4 rings (SSSR count). The Balaban J connectivity index is 1.79. The Morgan fingerprint density at radius 3 is 2.44 bits per heavy atom.